The lowest BCUT2D eigenvalue weighted by Gasteiger charge is -2.10. The average Bonchev–Trinajstić information content (AvgIpc) is 3.14. The zero-order chi connectivity index (χ0) is 20.4. The summed E-state index contributed by atoms with van der Waals surface area (Å²) in [6.07, 6.45) is 3.34. The third-order valence-corrected chi connectivity index (χ3v) is 4.31. The molecule has 0 bridgehead atoms. The normalized spacial score (nSPS) is 11.0. The molecule has 1 aromatic carbocycles. The molecule has 1 N–H and O–H groups in total. The van der Waals surface area contributed by atoms with Gasteiger partial charge in [-0.1, -0.05) is 6.07 Å². The maximum absolute atomic E-state index is 12.9. The van der Waals surface area contributed by atoms with E-state index in [1.165, 1.54) is 6.20 Å². The fraction of sp³-hybridized carbons (Fsp3) is 0.182. The standard InChI is InChI=1S/C22H21N5O2/c1-14(2)29-17-9-7-16(8-10-17)25-22(28)18-13-24-27-15(3)12-20(26-21(18)27)19-6-4-5-11-23-19/h4-14H,1-3H3,(H,25,28). The van der Waals surface area contributed by atoms with Crippen LogP contribution in [0.25, 0.3) is 17.0 Å². The summed E-state index contributed by atoms with van der Waals surface area (Å²) in [5, 5.41) is 7.21. The summed E-state index contributed by atoms with van der Waals surface area (Å²) < 4.78 is 7.28. The molecule has 4 aromatic rings. The van der Waals surface area contributed by atoms with Crippen molar-refractivity contribution in [2.24, 2.45) is 0 Å². The van der Waals surface area contributed by atoms with Crippen molar-refractivity contribution in [1.29, 1.82) is 0 Å². The SMILES string of the molecule is Cc1cc(-c2ccccn2)nc2c(C(=O)Nc3ccc(OC(C)C)cc3)cnn12. The van der Waals surface area contributed by atoms with Crippen LogP contribution in [0.4, 0.5) is 5.69 Å². The summed E-state index contributed by atoms with van der Waals surface area (Å²) in [6, 6.07) is 14.8. The van der Waals surface area contributed by atoms with Crippen molar-refractivity contribution < 1.29 is 9.53 Å². The topological polar surface area (TPSA) is 81.4 Å². The van der Waals surface area contributed by atoms with Gasteiger partial charge in [-0.3, -0.25) is 9.78 Å². The van der Waals surface area contributed by atoms with E-state index in [2.05, 4.69) is 20.4 Å². The third kappa shape index (κ3) is 3.94. The van der Waals surface area contributed by atoms with Crippen molar-refractivity contribution in [3.63, 3.8) is 0 Å². The number of fused-ring (bicyclic) bond motifs is 1. The van der Waals surface area contributed by atoms with E-state index in [1.807, 2.05) is 57.2 Å². The van der Waals surface area contributed by atoms with Crippen molar-refractivity contribution >= 4 is 17.2 Å². The van der Waals surface area contributed by atoms with Gasteiger partial charge < -0.3 is 10.1 Å². The number of carbonyl (C=O) groups is 1. The van der Waals surface area contributed by atoms with Gasteiger partial charge in [-0.05, 0) is 63.2 Å². The van der Waals surface area contributed by atoms with Crippen molar-refractivity contribution in [2.75, 3.05) is 5.32 Å². The molecule has 0 aliphatic heterocycles. The third-order valence-electron chi connectivity index (χ3n) is 4.31. The Kier molecular flexibility index (Phi) is 4.95. The number of hydrogen-bond donors (Lipinski definition) is 1. The lowest BCUT2D eigenvalue weighted by Crippen LogP contribution is -2.12. The van der Waals surface area contributed by atoms with Crippen molar-refractivity contribution in [1.82, 2.24) is 19.6 Å². The van der Waals surface area contributed by atoms with Gasteiger partial charge in [0, 0.05) is 17.6 Å². The number of hydrogen-bond acceptors (Lipinski definition) is 5. The Morgan fingerprint density at radius 2 is 1.90 bits per heavy atom. The van der Waals surface area contributed by atoms with Gasteiger partial charge in [0.2, 0.25) is 0 Å². The predicted molar refractivity (Wildman–Crippen MR) is 111 cm³/mol. The van der Waals surface area contributed by atoms with Gasteiger partial charge in [0.1, 0.15) is 11.3 Å². The van der Waals surface area contributed by atoms with E-state index in [4.69, 9.17) is 4.74 Å². The minimum atomic E-state index is -0.275. The summed E-state index contributed by atoms with van der Waals surface area (Å²) in [5.41, 5.74) is 3.86. The molecule has 0 saturated heterocycles. The maximum Gasteiger partial charge on any atom is 0.261 e. The Morgan fingerprint density at radius 1 is 1.10 bits per heavy atom. The van der Waals surface area contributed by atoms with Gasteiger partial charge in [-0.25, -0.2) is 9.50 Å². The van der Waals surface area contributed by atoms with Crippen LogP contribution in [0.5, 0.6) is 5.75 Å². The van der Waals surface area contributed by atoms with E-state index in [0.29, 0.717) is 22.6 Å². The minimum Gasteiger partial charge on any atom is -0.491 e. The van der Waals surface area contributed by atoms with Gasteiger partial charge >= 0.3 is 0 Å². The van der Waals surface area contributed by atoms with E-state index in [-0.39, 0.29) is 12.0 Å². The predicted octanol–water partition coefficient (Wildman–Crippen LogP) is 4.14. The molecule has 0 aliphatic carbocycles. The van der Waals surface area contributed by atoms with Crippen LogP contribution in [0.3, 0.4) is 0 Å². The Bertz CT molecular complexity index is 1150. The highest BCUT2D eigenvalue weighted by molar-refractivity contribution is 6.08. The second-order valence-electron chi connectivity index (χ2n) is 6.94. The number of nitrogens with zero attached hydrogens (tertiary/aromatic N) is 4. The van der Waals surface area contributed by atoms with Crippen LogP contribution in [0.1, 0.15) is 29.9 Å². The first-order valence-corrected chi connectivity index (χ1v) is 9.36. The molecule has 0 aliphatic rings. The minimum absolute atomic E-state index is 0.0943. The number of anilines is 1. The molecule has 4 rings (SSSR count). The van der Waals surface area contributed by atoms with Gasteiger partial charge in [0.25, 0.3) is 5.91 Å². The molecular formula is C22H21N5O2. The highest BCUT2D eigenvalue weighted by atomic mass is 16.5. The van der Waals surface area contributed by atoms with Gasteiger partial charge in [0.15, 0.2) is 5.65 Å². The molecule has 29 heavy (non-hydrogen) atoms. The highest BCUT2D eigenvalue weighted by Gasteiger charge is 2.17. The summed E-state index contributed by atoms with van der Waals surface area (Å²) >= 11 is 0. The zero-order valence-electron chi connectivity index (χ0n) is 16.5. The fourth-order valence-corrected chi connectivity index (χ4v) is 3.01. The molecule has 0 atom stereocenters. The number of carbonyl (C=O) groups excluding carboxylic acids is 1. The summed E-state index contributed by atoms with van der Waals surface area (Å²) in [6.45, 7) is 5.85. The number of ether oxygens (including phenoxy) is 1. The molecule has 0 spiro atoms. The molecule has 0 saturated carbocycles. The van der Waals surface area contributed by atoms with E-state index < -0.39 is 0 Å². The second-order valence-corrected chi connectivity index (χ2v) is 6.94. The van der Waals surface area contributed by atoms with E-state index in [9.17, 15) is 4.79 Å². The second kappa shape index (κ2) is 7.71. The van der Waals surface area contributed by atoms with Crippen molar-refractivity contribution in [3.05, 3.63) is 72.2 Å². The van der Waals surface area contributed by atoms with Gasteiger partial charge in [0.05, 0.1) is 23.7 Å². The summed E-state index contributed by atoms with van der Waals surface area (Å²) in [5.74, 6) is 0.480. The number of aryl methyl sites for hydroxylation is 1. The Morgan fingerprint density at radius 3 is 2.59 bits per heavy atom. The zero-order valence-corrected chi connectivity index (χ0v) is 16.5. The van der Waals surface area contributed by atoms with E-state index in [0.717, 1.165) is 17.1 Å². The van der Waals surface area contributed by atoms with Crippen molar-refractivity contribution in [2.45, 2.75) is 26.9 Å². The van der Waals surface area contributed by atoms with E-state index in [1.54, 1.807) is 22.8 Å². The van der Waals surface area contributed by atoms with Crippen LogP contribution in [-0.2, 0) is 0 Å². The first-order chi connectivity index (χ1) is 14.0. The van der Waals surface area contributed by atoms with E-state index >= 15 is 0 Å². The quantitative estimate of drug-likeness (QED) is 0.557. The van der Waals surface area contributed by atoms with Crippen LogP contribution < -0.4 is 10.1 Å². The first kappa shape index (κ1) is 18.6. The Labute approximate surface area is 168 Å². The van der Waals surface area contributed by atoms with Gasteiger partial charge in [-0.2, -0.15) is 5.10 Å². The lowest BCUT2D eigenvalue weighted by molar-refractivity contribution is 0.102. The number of rotatable bonds is 5. The lowest BCUT2D eigenvalue weighted by atomic mass is 10.2. The number of pyridine rings is 1. The van der Waals surface area contributed by atoms with Gasteiger partial charge in [-0.15, -0.1) is 0 Å². The molecule has 7 heteroatoms. The molecule has 3 aromatic heterocycles. The maximum atomic E-state index is 12.9. The van der Waals surface area contributed by atoms with Crippen LogP contribution >= 0.6 is 0 Å². The molecular weight excluding hydrogens is 366 g/mol. The Hall–Kier alpha value is -3.74. The molecule has 7 nitrogen and oxygen atoms in total. The van der Waals surface area contributed by atoms with Crippen LogP contribution in [0, 0.1) is 6.92 Å². The molecule has 3 heterocycles. The number of amides is 1. The highest BCUT2D eigenvalue weighted by Crippen LogP contribution is 2.21. The fourth-order valence-electron chi connectivity index (χ4n) is 3.01. The smallest absolute Gasteiger partial charge is 0.261 e. The molecule has 146 valence electrons. The Balaban J connectivity index is 1.63. The number of benzene rings is 1. The molecule has 0 unspecified atom stereocenters. The first-order valence-electron chi connectivity index (χ1n) is 9.36. The van der Waals surface area contributed by atoms with Crippen LogP contribution in [0.15, 0.2) is 60.9 Å². The molecule has 0 fully saturated rings. The molecule has 1 amide bonds. The van der Waals surface area contributed by atoms with Crippen molar-refractivity contribution in [3.8, 4) is 17.1 Å². The summed E-state index contributed by atoms with van der Waals surface area (Å²) in [4.78, 5) is 21.8. The van der Waals surface area contributed by atoms with Crippen LogP contribution in [-0.4, -0.2) is 31.6 Å². The average molecular weight is 387 g/mol. The summed E-state index contributed by atoms with van der Waals surface area (Å²) in [7, 11) is 0. The monoisotopic (exact) mass is 387 g/mol. The van der Waals surface area contributed by atoms with Crippen LogP contribution in [0.2, 0.25) is 0 Å². The number of aromatic nitrogens is 4. The number of nitrogens with one attached hydrogen (secondary N) is 1. The largest absolute Gasteiger partial charge is 0.491 e. The molecule has 0 radical (unpaired) electrons.